The van der Waals surface area contributed by atoms with Crippen molar-refractivity contribution >= 4 is 11.7 Å². The summed E-state index contributed by atoms with van der Waals surface area (Å²) in [4.78, 5) is 16.7. The fraction of sp³-hybridized carbons (Fsp3) is 0.208. The molecule has 156 valence electrons. The largest absolute Gasteiger partial charge is 0.412 e. The topological polar surface area (TPSA) is 94.5 Å². The minimum Gasteiger partial charge on any atom is -0.406 e. The molecule has 1 aliphatic carbocycles. The zero-order chi connectivity index (χ0) is 21.4. The van der Waals surface area contributed by atoms with Gasteiger partial charge in [0, 0.05) is 29.8 Å². The lowest BCUT2D eigenvalue weighted by molar-refractivity contribution is 0.203. The van der Waals surface area contributed by atoms with E-state index < -0.39 is 6.09 Å². The van der Waals surface area contributed by atoms with Crippen LogP contribution < -0.4 is 15.8 Å². The predicted octanol–water partition coefficient (Wildman–Crippen LogP) is 4.12. The SMILES string of the molecule is CNC(=O)Oc1ccnn2c(-c3ccccc3)c(-c3ccc(C4(N)CCC4)cc3)nc12. The van der Waals surface area contributed by atoms with Gasteiger partial charge in [-0.1, -0.05) is 54.6 Å². The highest BCUT2D eigenvalue weighted by molar-refractivity contribution is 5.84. The van der Waals surface area contributed by atoms with Crippen LogP contribution in [0.3, 0.4) is 0 Å². The van der Waals surface area contributed by atoms with Gasteiger partial charge < -0.3 is 15.8 Å². The number of aromatic nitrogens is 3. The molecule has 1 fully saturated rings. The van der Waals surface area contributed by atoms with Crippen LogP contribution in [-0.4, -0.2) is 27.7 Å². The van der Waals surface area contributed by atoms with Crippen molar-refractivity contribution in [2.24, 2.45) is 5.73 Å². The predicted molar refractivity (Wildman–Crippen MR) is 119 cm³/mol. The van der Waals surface area contributed by atoms with Crippen LogP contribution >= 0.6 is 0 Å². The summed E-state index contributed by atoms with van der Waals surface area (Å²) in [7, 11) is 1.51. The van der Waals surface area contributed by atoms with Crippen molar-refractivity contribution in [1.82, 2.24) is 19.9 Å². The number of amides is 1. The third-order valence-corrected chi connectivity index (χ3v) is 5.92. The number of hydrogen-bond donors (Lipinski definition) is 2. The van der Waals surface area contributed by atoms with Gasteiger partial charge in [0.1, 0.15) is 5.69 Å². The zero-order valence-electron chi connectivity index (χ0n) is 17.2. The molecule has 1 aliphatic rings. The number of fused-ring (bicyclic) bond motifs is 1. The van der Waals surface area contributed by atoms with Crippen molar-refractivity contribution < 1.29 is 9.53 Å². The summed E-state index contributed by atoms with van der Waals surface area (Å²) in [6.07, 6.45) is 4.24. The molecule has 5 rings (SSSR count). The van der Waals surface area contributed by atoms with Gasteiger partial charge in [0.05, 0.1) is 11.9 Å². The Kier molecular flexibility index (Phi) is 4.67. The lowest BCUT2D eigenvalue weighted by Gasteiger charge is -2.38. The first-order valence-corrected chi connectivity index (χ1v) is 10.3. The highest BCUT2D eigenvalue weighted by Gasteiger charge is 2.34. The standard InChI is InChI=1S/C24H23N5O2/c1-26-23(30)31-19-12-15-27-29-21(17-6-3-2-4-7-17)20(28-22(19)29)16-8-10-18(11-9-16)24(25)13-5-14-24/h2-4,6-12,15H,5,13-14,25H2,1H3,(H,26,30). The number of ether oxygens (including phenoxy) is 1. The van der Waals surface area contributed by atoms with Crippen molar-refractivity contribution in [3.63, 3.8) is 0 Å². The van der Waals surface area contributed by atoms with Crippen LogP contribution in [-0.2, 0) is 5.54 Å². The smallest absolute Gasteiger partial charge is 0.406 e. The fourth-order valence-electron chi connectivity index (χ4n) is 4.02. The van der Waals surface area contributed by atoms with E-state index in [2.05, 4.69) is 34.7 Å². The second-order valence-corrected chi connectivity index (χ2v) is 7.83. The quantitative estimate of drug-likeness (QED) is 0.525. The Balaban J connectivity index is 1.68. The maximum atomic E-state index is 11.8. The maximum Gasteiger partial charge on any atom is 0.412 e. The summed E-state index contributed by atoms with van der Waals surface area (Å²) in [5.74, 6) is 0.338. The minimum absolute atomic E-state index is 0.213. The number of nitrogens with two attached hydrogens (primary N) is 1. The van der Waals surface area contributed by atoms with Crippen molar-refractivity contribution in [3.05, 3.63) is 72.4 Å². The molecule has 3 N–H and O–H groups in total. The average molecular weight is 413 g/mol. The molecule has 0 bridgehead atoms. The molecule has 1 saturated carbocycles. The Morgan fingerprint density at radius 3 is 2.45 bits per heavy atom. The van der Waals surface area contributed by atoms with Gasteiger partial charge in [-0.25, -0.2) is 14.3 Å². The van der Waals surface area contributed by atoms with E-state index in [1.165, 1.54) is 13.5 Å². The molecular weight excluding hydrogens is 390 g/mol. The molecule has 0 saturated heterocycles. The summed E-state index contributed by atoms with van der Waals surface area (Å²) in [5, 5.41) is 6.96. The fourth-order valence-corrected chi connectivity index (χ4v) is 4.02. The molecule has 0 unspecified atom stereocenters. The van der Waals surface area contributed by atoms with Gasteiger partial charge in [-0.05, 0) is 24.8 Å². The molecule has 0 spiro atoms. The van der Waals surface area contributed by atoms with Gasteiger partial charge >= 0.3 is 6.09 Å². The molecule has 4 aromatic rings. The first kappa shape index (κ1) is 19.3. The average Bonchev–Trinajstić information content (AvgIpc) is 3.18. The van der Waals surface area contributed by atoms with Crippen molar-refractivity contribution in [2.75, 3.05) is 7.05 Å². The number of nitrogens with zero attached hydrogens (tertiary/aromatic N) is 3. The van der Waals surface area contributed by atoms with E-state index in [-0.39, 0.29) is 5.54 Å². The number of rotatable bonds is 4. The first-order chi connectivity index (χ1) is 15.1. The van der Waals surface area contributed by atoms with E-state index in [1.54, 1.807) is 16.8 Å². The number of benzene rings is 2. The van der Waals surface area contributed by atoms with Gasteiger partial charge in [-0.15, -0.1) is 0 Å². The van der Waals surface area contributed by atoms with Crippen LogP contribution in [0.1, 0.15) is 24.8 Å². The number of carbonyl (C=O) groups is 1. The second kappa shape index (κ2) is 7.52. The third kappa shape index (κ3) is 3.33. The Labute approximate surface area is 179 Å². The third-order valence-electron chi connectivity index (χ3n) is 5.92. The molecule has 31 heavy (non-hydrogen) atoms. The first-order valence-electron chi connectivity index (χ1n) is 10.3. The summed E-state index contributed by atoms with van der Waals surface area (Å²) in [6, 6.07) is 19.8. The van der Waals surface area contributed by atoms with Crippen molar-refractivity contribution in [1.29, 1.82) is 0 Å². The molecule has 2 aromatic carbocycles. The van der Waals surface area contributed by atoms with Crippen LogP contribution in [0.2, 0.25) is 0 Å². The molecule has 1 amide bonds. The summed E-state index contributed by atoms with van der Waals surface area (Å²) < 4.78 is 7.13. The summed E-state index contributed by atoms with van der Waals surface area (Å²) in [5.41, 5.74) is 11.4. The van der Waals surface area contributed by atoms with E-state index in [9.17, 15) is 4.79 Å². The normalized spacial score (nSPS) is 14.8. The van der Waals surface area contributed by atoms with E-state index in [0.717, 1.165) is 40.9 Å². The maximum absolute atomic E-state index is 11.8. The lowest BCUT2D eigenvalue weighted by atomic mass is 9.72. The second-order valence-electron chi connectivity index (χ2n) is 7.83. The van der Waals surface area contributed by atoms with Crippen LogP contribution in [0.15, 0.2) is 66.9 Å². The van der Waals surface area contributed by atoms with Gasteiger partial charge in [-0.3, -0.25) is 0 Å². The van der Waals surface area contributed by atoms with Crippen LogP contribution in [0.4, 0.5) is 4.79 Å². The van der Waals surface area contributed by atoms with E-state index >= 15 is 0 Å². The summed E-state index contributed by atoms with van der Waals surface area (Å²) >= 11 is 0. The number of carbonyl (C=O) groups excluding carboxylic acids is 1. The molecule has 0 atom stereocenters. The Morgan fingerprint density at radius 1 is 1.06 bits per heavy atom. The van der Waals surface area contributed by atoms with E-state index in [1.807, 2.05) is 30.3 Å². The van der Waals surface area contributed by atoms with E-state index in [4.69, 9.17) is 15.5 Å². The van der Waals surface area contributed by atoms with Crippen LogP contribution in [0.5, 0.6) is 5.75 Å². The molecule has 2 heterocycles. The minimum atomic E-state index is -0.558. The zero-order valence-corrected chi connectivity index (χ0v) is 17.2. The highest BCUT2D eigenvalue weighted by atomic mass is 16.6. The lowest BCUT2D eigenvalue weighted by Crippen LogP contribution is -2.43. The van der Waals surface area contributed by atoms with Crippen LogP contribution in [0, 0.1) is 0 Å². The molecule has 0 aliphatic heterocycles. The Bertz CT molecular complexity index is 1240. The van der Waals surface area contributed by atoms with Gasteiger partial charge in [-0.2, -0.15) is 5.10 Å². The molecular formula is C24H23N5O2. The Hall–Kier alpha value is -3.71. The monoisotopic (exact) mass is 413 g/mol. The summed E-state index contributed by atoms with van der Waals surface area (Å²) in [6.45, 7) is 0. The Morgan fingerprint density at radius 2 is 1.81 bits per heavy atom. The highest BCUT2D eigenvalue weighted by Crippen LogP contribution is 2.40. The molecule has 7 heteroatoms. The van der Waals surface area contributed by atoms with E-state index in [0.29, 0.717) is 11.4 Å². The molecule has 2 aromatic heterocycles. The number of nitrogens with one attached hydrogen (secondary N) is 1. The van der Waals surface area contributed by atoms with Crippen molar-refractivity contribution in [3.8, 4) is 28.3 Å². The van der Waals surface area contributed by atoms with Gasteiger partial charge in [0.2, 0.25) is 0 Å². The van der Waals surface area contributed by atoms with Gasteiger partial charge in [0.15, 0.2) is 11.4 Å². The van der Waals surface area contributed by atoms with Crippen molar-refractivity contribution in [2.45, 2.75) is 24.8 Å². The van der Waals surface area contributed by atoms with Crippen LogP contribution in [0.25, 0.3) is 28.2 Å². The molecule has 0 radical (unpaired) electrons. The number of hydrogen-bond acceptors (Lipinski definition) is 5. The number of imidazole rings is 1. The molecule has 7 nitrogen and oxygen atoms in total. The van der Waals surface area contributed by atoms with Gasteiger partial charge in [0.25, 0.3) is 0 Å².